The average Bonchev–Trinajstić information content (AvgIpc) is 3.63. The minimum absolute atomic E-state index is 0.0112. The number of aliphatic imine (C=N–C) groups is 2. The Morgan fingerprint density at radius 2 is 1.37 bits per heavy atom. The van der Waals surface area contributed by atoms with Crippen molar-refractivity contribution in [2.75, 3.05) is 4.90 Å². The molecule has 0 spiro atoms. The van der Waals surface area contributed by atoms with E-state index in [0.29, 0.717) is 5.96 Å². The smallest absolute Gasteiger partial charge is 0.231 e. The van der Waals surface area contributed by atoms with Gasteiger partial charge in [-0.2, -0.15) is 0 Å². The van der Waals surface area contributed by atoms with Gasteiger partial charge < -0.3 is 4.42 Å². The Kier molecular flexibility index (Phi) is 6.46. The van der Waals surface area contributed by atoms with Crippen LogP contribution in [0.25, 0.3) is 56.3 Å². The topological polar surface area (TPSA) is 41.1 Å². The molecule has 0 N–H and O–H groups in total. The summed E-state index contributed by atoms with van der Waals surface area (Å²) in [7, 11) is 0. The quantitative estimate of drug-likeness (QED) is 0.181. The minimum Gasteiger partial charge on any atom is -0.455 e. The van der Waals surface area contributed by atoms with Crippen molar-refractivity contribution in [1.82, 2.24) is 0 Å². The predicted octanol–water partition coefficient (Wildman–Crippen LogP) is 12.6. The van der Waals surface area contributed by atoms with Gasteiger partial charge in [0.15, 0.2) is 0 Å². The van der Waals surface area contributed by atoms with E-state index in [1.54, 1.807) is 0 Å². The summed E-state index contributed by atoms with van der Waals surface area (Å²) < 4.78 is 6.51. The molecule has 3 heterocycles. The summed E-state index contributed by atoms with van der Waals surface area (Å²) in [6, 6.07) is 45.8. The van der Waals surface area contributed by atoms with Crippen molar-refractivity contribution in [3.63, 3.8) is 0 Å². The van der Waals surface area contributed by atoms with E-state index in [9.17, 15) is 0 Å². The van der Waals surface area contributed by atoms with Crippen LogP contribution in [0.1, 0.15) is 48.6 Å². The molecule has 0 fully saturated rings. The molecule has 0 saturated heterocycles. The van der Waals surface area contributed by atoms with Crippen LogP contribution in [0.5, 0.6) is 0 Å². The zero-order chi connectivity index (χ0) is 36.2. The summed E-state index contributed by atoms with van der Waals surface area (Å²) in [4.78, 5) is 13.4. The number of fused-ring (bicyclic) bond motifs is 9. The Balaban J connectivity index is 1.16. The summed E-state index contributed by atoms with van der Waals surface area (Å²) in [6.07, 6.45) is 13.1. The second-order valence-electron chi connectivity index (χ2n) is 15.5. The third kappa shape index (κ3) is 4.37. The highest BCUT2D eigenvalue weighted by atomic mass is 16.3. The van der Waals surface area contributed by atoms with Gasteiger partial charge in [0.25, 0.3) is 0 Å². The molecule has 7 aromatic rings. The van der Waals surface area contributed by atoms with Crippen LogP contribution in [0.3, 0.4) is 0 Å². The highest BCUT2D eigenvalue weighted by Gasteiger charge is 2.43. The maximum atomic E-state index is 6.51. The van der Waals surface area contributed by atoms with E-state index in [1.165, 1.54) is 22.3 Å². The van der Waals surface area contributed by atoms with E-state index in [4.69, 9.17) is 14.4 Å². The van der Waals surface area contributed by atoms with Crippen molar-refractivity contribution in [1.29, 1.82) is 0 Å². The van der Waals surface area contributed by atoms with Crippen molar-refractivity contribution >= 4 is 57.1 Å². The van der Waals surface area contributed by atoms with E-state index in [2.05, 4.69) is 177 Å². The van der Waals surface area contributed by atoms with E-state index in [1.807, 2.05) is 12.1 Å². The number of furan rings is 1. The van der Waals surface area contributed by atoms with E-state index >= 15 is 0 Å². The summed E-state index contributed by atoms with van der Waals surface area (Å²) in [5.74, 6) is 0.688. The Morgan fingerprint density at radius 1 is 0.611 bits per heavy atom. The van der Waals surface area contributed by atoms with Crippen molar-refractivity contribution < 1.29 is 4.42 Å². The van der Waals surface area contributed by atoms with Crippen molar-refractivity contribution in [2.24, 2.45) is 15.9 Å². The van der Waals surface area contributed by atoms with Crippen molar-refractivity contribution in [3.8, 4) is 22.3 Å². The van der Waals surface area contributed by atoms with Crippen LogP contribution in [-0.4, -0.2) is 11.7 Å². The lowest BCUT2D eigenvalue weighted by Crippen LogP contribution is -2.42. The number of rotatable bonds is 2. The highest BCUT2D eigenvalue weighted by molar-refractivity contribution is 6.17. The first-order chi connectivity index (χ1) is 26.4. The molecule has 2 unspecified atom stereocenters. The Morgan fingerprint density at radius 3 is 2.26 bits per heavy atom. The van der Waals surface area contributed by atoms with Crippen LogP contribution < -0.4 is 4.90 Å². The maximum absolute atomic E-state index is 6.51. The molecule has 4 aliphatic rings. The fourth-order valence-electron chi connectivity index (χ4n) is 9.29. The van der Waals surface area contributed by atoms with E-state index in [0.717, 1.165) is 66.8 Å². The number of hydrogen-bond acceptors (Lipinski definition) is 4. The lowest BCUT2D eigenvalue weighted by molar-refractivity contribution is 0.435. The molecule has 6 aromatic carbocycles. The highest BCUT2D eigenvalue weighted by Crippen LogP contribution is 2.53. The molecule has 1 aromatic heterocycles. The van der Waals surface area contributed by atoms with Gasteiger partial charge in [-0.1, -0.05) is 141 Å². The first-order valence-corrected chi connectivity index (χ1v) is 18.8. The first-order valence-electron chi connectivity index (χ1n) is 18.8. The van der Waals surface area contributed by atoms with Gasteiger partial charge in [0.2, 0.25) is 5.96 Å². The summed E-state index contributed by atoms with van der Waals surface area (Å²) in [5, 5.41) is 2.25. The number of guanidine groups is 1. The first kappa shape index (κ1) is 31.0. The number of hydrogen-bond donors (Lipinski definition) is 0. The van der Waals surface area contributed by atoms with Crippen LogP contribution in [0.15, 0.2) is 166 Å². The molecule has 0 radical (unpaired) electrons. The zero-order valence-electron chi connectivity index (χ0n) is 30.4. The van der Waals surface area contributed by atoms with Crippen LogP contribution in [-0.2, 0) is 11.0 Å². The van der Waals surface area contributed by atoms with Gasteiger partial charge in [-0.05, 0) is 87.8 Å². The van der Waals surface area contributed by atoms with E-state index in [-0.39, 0.29) is 11.3 Å². The molecule has 2 aliphatic carbocycles. The molecule has 54 heavy (non-hydrogen) atoms. The van der Waals surface area contributed by atoms with Gasteiger partial charge >= 0.3 is 0 Å². The van der Waals surface area contributed by atoms with Crippen molar-refractivity contribution in [2.45, 2.75) is 31.7 Å². The largest absolute Gasteiger partial charge is 0.455 e. The molecule has 0 bridgehead atoms. The third-order valence-corrected chi connectivity index (χ3v) is 12.1. The Bertz CT molecular complexity index is 2880. The van der Waals surface area contributed by atoms with Gasteiger partial charge in [-0.3, -0.25) is 4.90 Å². The molecule has 11 rings (SSSR count). The zero-order valence-corrected chi connectivity index (χ0v) is 30.4. The van der Waals surface area contributed by atoms with Crippen LogP contribution >= 0.6 is 0 Å². The maximum Gasteiger partial charge on any atom is 0.231 e. The molecule has 0 saturated carbocycles. The monoisotopic (exact) mass is 695 g/mol. The number of allylic oxidation sites excluding steroid dienone is 3. The van der Waals surface area contributed by atoms with Gasteiger partial charge in [0.05, 0.1) is 22.6 Å². The molecule has 2 aliphatic heterocycles. The molecule has 258 valence electrons. The lowest BCUT2D eigenvalue weighted by Gasteiger charge is -2.40. The predicted molar refractivity (Wildman–Crippen MR) is 225 cm³/mol. The number of para-hydroxylation sites is 2. The molecule has 0 amide bonds. The fraction of sp³-hybridized carbons (Fsp3) is 0.120. The number of anilines is 2. The molecule has 2 atom stereocenters. The summed E-state index contributed by atoms with van der Waals surface area (Å²) >= 11 is 0. The SMILES string of the molecule is CC1(C)c2ccccc2-c2cc3c(cc21)C=Cc1cc(-c2cccc4c2oc2ccccc24)ccc1N3C1=NC(C)(c2ccccc2)C2C=CC=CC2=N1. The normalized spacial score (nSPS) is 20.1. The van der Waals surface area contributed by atoms with Crippen LogP contribution in [0, 0.1) is 5.92 Å². The fourth-order valence-corrected chi connectivity index (χ4v) is 9.29. The summed E-state index contributed by atoms with van der Waals surface area (Å²) in [6.45, 7) is 6.93. The Labute approximate surface area is 314 Å². The van der Waals surface area contributed by atoms with Gasteiger partial charge in [-0.25, -0.2) is 9.98 Å². The summed E-state index contributed by atoms with van der Waals surface area (Å²) in [5.41, 5.74) is 15.0. The lowest BCUT2D eigenvalue weighted by atomic mass is 9.75. The molecular formula is C50H37N3O. The van der Waals surface area contributed by atoms with Crippen LogP contribution in [0.2, 0.25) is 0 Å². The van der Waals surface area contributed by atoms with Crippen LogP contribution in [0.4, 0.5) is 11.4 Å². The van der Waals surface area contributed by atoms with Gasteiger partial charge in [-0.15, -0.1) is 0 Å². The number of benzene rings is 6. The molecular weight excluding hydrogens is 659 g/mol. The molecule has 4 nitrogen and oxygen atoms in total. The van der Waals surface area contributed by atoms with Crippen molar-refractivity contribution in [3.05, 3.63) is 180 Å². The Hall–Kier alpha value is -6.52. The van der Waals surface area contributed by atoms with Gasteiger partial charge in [0.1, 0.15) is 11.2 Å². The number of nitrogens with zero attached hydrogens (tertiary/aromatic N) is 3. The molecule has 4 heteroatoms. The minimum atomic E-state index is -0.572. The second-order valence-corrected chi connectivity index (χ2v) is 15.5. The average molecular weight is 696 g/mol. The third-order valence-electron chi connectivity index (χ3n) is 12.1. The van der Waals surface area contributed by atoms with E-state index < -0.39 is 5.54 Å². The standard InChI is InChI=1S/C50H37N3O/c1-49(2)40-20-9-7-16-36(40)39-30-45-33(29-42(39)49)25-24-32-28-31(35-18-13-19-38-37-17-8-12-23-46(37)54-47(35)38)26-27-44(32)53(45)48-51-43-22-11-10-21-41(43)50(3,52-48)34-14-5-4-6-15-34/h4-30,41H,1-3H3. The second kappa shape index (κ2) is 11.2. The van der Waals surface area contributed by atoms with Gasteiger partial charge in [0, 0.05) is 27.7 Å².